The van der Waals surface area contributed by atoms with Crippen molar-refractivity contribution in [3.63, 3.8) is 0 Å². The fourth-order valence-corrected chi connectivity index (χ4v) is 3.14. The number of carbonyl (C=O) groups excluding carboxylic acids is 1. The molecule has 0 aliphatic rings. The lowest BCUT2D eigenvalue weighted by atomic mass is 10.2. The minimum atomic E-state index is -0.0236. The molecular formula is C18H17ClN6O. The number of nitrogens with one attached hydrogen (secondary N) is 1. The number of amides is 1. The molecule has 0 saturated carbocycles. The molecule has 0 aliphatic carbocycles. The number of pyridine rings is 1. The number of hydrogen-bond donors (Lipinski definition) is 1. The summed E-state index contributed by atoms with van der Waals surface area (Å²) < 4.78 is 3.72. The molecule has 8 heteroatoms. The molecule has 1 amide bonds. The lowest BCUT2D eigenvalue weighted by Crippen LogP contribution is -2.27. The van der Waals surface area contributed by atoms with Crippen LogP contribution < -0.4 is 5.32 Å². The van der Waals surface area contributed by atoms with Crippen molar-refractivity contribution in [1.29, 1.82) is 0 Å². The topological polar surface area (TPSA) is 77.1 Å². The fourth-order valence-electron chi connectivity index (χ4n) is 2.92. The molecule has 3 aromatic heterocycles. The number of rotatable bonds is 6. The molecule has 4 rings (SSSR count). The van der Waals surface area contributed by atoms with Gasteiger partial charge in [-0.3, -0.25) is 13.9 Å². The molecule has 0 spiro atoms. The zero-order valence-corrected chi connectivity index (χ0v) is 14.7. The van der Waals surface area contributed by atoms with Gasteiger partial charge in [-0.25, -0.2) is 0 Å². The number of benzene rings is 1. The molecule has 0 fully saturated rings. The van der Waals surface area contributed by atoms with Crippen LogP contribution in [0.1, 0.15) is 12.2 Å². The highest BCUT2D eigenvalue weighted by molar-refractivity contribution is 6.35. The second kappa shape index (κ2) is 7.13. The molecule has 1 N–H and O–H groups in total. The molecule has 0 aliphatic heterocycles. The van der Waals surface area contributed by atoms with Crippen molar-refractivity contribution in [2.24, 2.45) is 0 Å². The highest BCUT2D eigenvalue weighted by Crippen LogP contribution is 2.22. The number of aryl methyl sites for hydroxylation is 1. The van der Waals surface area contributed by atoms with Gasteiger partial charge in [0.15, 0.2) is 5.65 Å². The van der Waals surface area contributed by atoms with Crippen LogP contribution in [-0.2, 0) is 17.8 Å². The maximum atomic E-state index is 12.1. The largest absolute Gasteiger partial charge is 0.356 e. The van der Waals surface area contributed by atoms with Crippen LogP contribution in [0.5, 0.6) is 0 Å². The Morgan fingerprint density at radius 1 is 1.15 bits per heavy atom. The van der Waals surface area contributed by atoms with Gasteiger partial charge >= 0.3 is 0 Å². The Bertz CT molecular complexity index is 1070. The van der Waals surface area contributed by atoms with Gasteiger partial charge in [-0.15, -0.1) is 10.2 Å². The third-order valence-corrected chi connectivity index (χ3v) is 4.57. The Balaban J connectivity index is 1.31. The highest BCUT2D eigenvalue weighted by Gasteiger charge is 2.09. The van der Waals surface area contributed by atoms with E-state index in [0.717, 1.165) is 22.4 Å². The number of fused-ring (bicyclic) bond motifs is 2. The van der Waals surface area contributed by atoms with Crippen molar-refractivity contribution < 1.29 is 4.79 Å². The zero-order valence-electron chi connectivity index (χ0n) is 14.0. The predicted octanol–water partition coefficient (Wildman–Crippen LogP) is 2.48. The molecular weight excluding hydrogens is 352 g/mol. The second-order valence-corrected chi connectivity index (χ2v) is 6.34. The van der Waals surface area contributed by atoms with Crippen LogP contribution >= 0.6 is 11.6 Å². The number of carbonyl (C=O) groups is 1. The number of hydrogen-bond acceptors (Lipinski definition) is 4. The molecule has 0 unspecified atom stereocenters. The first-order valence-corrected chi connectivity index (χ1v) is 8.75. The van der Waals surface area contributed by atoms with E-state index in [0.29, 0.717) is 31.0 Å². The maximum Gasteiger partial charge on any atom is 0.221 e. The molecule has 7 nitrogen and oxygen atoms in total. The summed E-state index contributed by atoms with van der Waals surface area (Å²) in [5.74, 6) is 0.804. The van der Waals surface area contributed by atoms with Gasteiger partial charge in [0.25, 0.3) is 0 Å². The molecule has 26 heavy (non-hydrogen) atoms. The van der Waals surface area contributed by atoms with Gasteiger partial charge in [-0.05, 0) is 24.3 Å². The van der Waals surface area contributed by atoms with Crippen LogP contribution in [0, 0.1) is 0 Å². The van der Waals surface area contributed by atoms with Crippen LogP contribution in [0.15, 0.2) is 48.8 Å². The van der Waals surface area contributed by atoms with E-state index >= 15 is 0 Å². The quantitative estimate of drug-likeness (QED) is 0.567. The summed E-state index contributed by atoms with van der Waals surface area (Å²) >= 11 is 6.15. The third kappa shape index (κ3) is 3.25. The first-order valence-electron chi connectivity index (χ1n) is 8.38. The van der Waals surface area contributed by atoms with Gasteiger partial charge in [0.05, 0.1) is 23.3 Å². The smallest absolute Gasteiger partial charge is 0.221 e. The van der Waals surface area contributed by atoms with Gasteiger partial charge in [-0.1, -0.05) is 23.7 Å². The predicted molar refractivity (Wildman–Crippen MR) is 99.1 cm³/mol. The average molecular weight is 369 g/mol. The minimum absolute atomic E-state index is 0.0236. The summed E-state index contributed by atoms with van der Waals surface area (Å²) in [5, 5.41) is 17.1. The van der Waals surface area contributed by atoms with E-state index in [-0.39, 0.29) is 5.91 Å². The van der Waals surface area contributed by atoms with E-state index in [1.165, 1.54) is 0 Å². The zero-order chi connectivity index (χ0) is 17.9. The van der Waals surface area contributed by atoms with Crippen molar-refractivity contribution in [1.82, 2.24) is 29.7 Å². The van der Waals surface area contributed by atoms with Gasteiger partial charge in [-0.2, -0.15) is 5.10 Å². The summed E-state index contributed by atoms with van der Waals surface area (Å²) in [6.07, 6.45) is 4.62. The standard InChI is InChI=1S/C18H17ClN6O/c19-14-4-3-5-15-13(14)12-21-25(15)11-8-18(26)20-9-7-17-23-22-16-6-1-2-10-24(16)17/h1-6,10,12H,7-9,11H2,(H,20,26). The number of halogens is 1. The van der Waals surface area contributed by atoms with E-state index in [1.54, 1.807) is 10.9 Å². The number of aromatic nitrogens is 5. The summed E-state index contributed by atoms with van der Waals surface area (Å²) in [6, 6.07) is 11.4. The molecule has 0 saturated heterocycles. The Hall–Kier alpha value is -2.93. The summed E-state index contributed by atoms with van der Waals surface area (Å²) in [7, 11) is 0. The summed E-state index contributed by atoms with van der Waals surface area (Å²) in [5.41, 5.74) is 1.73. The molecule has 132 valence electrons. The van der Waals surface area contributed by atoms with Crippen LogP contribution in [0.4, 0.5) is 0 Å². The molecule has 0 radical (unpaired) electrons. The lowest BCUT2D eigenvalue weighted by Gasteiger charge is -2.06. The summed E-state index contributed by atoms with van der Waals surface area (Å²) in [6.45, 7) is 1.02. The van der Waals surface area contributed by atoms with Crippen LogP contribution in [0.3, 0.4) is 0 Å². The van der Waals surface area contributed by atoms with Crippen LogP contribution in [-0.4, -0.2) is 36.8 Å². The maximum absolute atomic E-state index is 12.1. The second-order valence-electron chi connectivity index (χ2n) is 5.94. The third-order valence-electron chi connectivity index (χ3n) is 4.24. The Morgan fingerprint density at radius 3 is 3.00 bits per heavy atom. The van der Waals surface area contributed by atoms with E-state index in [1.807, 2.05) is 47.0 Å². The van der Waals surface area contributed by atoms with Crippen molar-refractivity contribution in [2.45, 2.75) is 19.4 Å². The van der Waals surface area contributed by atoms with Crippen molar-refractivity contribution in [3.8, 4) is 0 Å². The Kier molecular flexibility index (Phi) is 4.53. The van der Waals surface area contributed by atoms with Gasteiger partial charge in [0, 0.05) is 31.0 Å². The fraction of sp³-hybridized carbons (Fsp3) is 0.222. The van der Waals surface area contributed by atoms with Gasteiger partial charge < -0.3 is 5.32 Å². The monoisotopic (exact) mass is 368 g/mol. The first-order chi connectivity index (χ1) is 12.7. The first kappa shape index (κ1) is 16.5. The van der Waals surface area contributed by atoms with Crippen LogP contribution in [0.25, 0.3) is 16.6 Å². The van der Waals surface area contributed by atoms with Crippen LogP contribution in [0.2, 0.25) is 5.02 Å². The average Bonchev–Trinajstić information content (AvgIpc) is 3.25. The molecule has 0 bridgehead atoms. The molecule has 1 aromatic carbocycles. The molecule has 4 aromatic rings. The van der Waals surface area contributed by atoms with E-state index in [9.17, 15) is 4.79 Å². The Labute approximate surface area is 154 Å². The van der Waals surface area contributed by atoms with Gasteiger partial charge in [0.2, 0.25) is 5.91 Å². The van der Waals surface area contributed by atoms with E-state index in [4.69, 9.17) is 11.6 Å². The minimum Gasteiger partial charge on any atom is -0.356 e. The van der Waals surface area contributed by atoms with Crippen molar-refractivity contribution in [3.05, 3.63) is 59.6 Å². The lowest BCUT2D eigenvalue weighted by molar-refractivity contribution is -0.121. The highest BCUT2D eigenvalue weighted by atomic mass is 35.5. The summed E-state index contributed by atoms with van der Waals surface area (Å²) in [4.78, 5) is 12.1. The Morgan fingerprint density at radius 2 is 2.08 bits per heavy atom. The normalized spacial score (nSPS) is 11.3. The van der Waals surface area contributed by atoms with Crippen molar-refractivity contribution >= 4 is 34.1 Å². The SMILES string of the molecule is O=C(CCn1ncc2c(Cl)cccc21)NCCc1nnc2ccccn12. The van der Waals surface area contributed by atoms with Gasteiger partial charge in [0.1, 0.15) is 5.82 Å². The van der Waals surface area contributed by atoms with E-state index < -0.39 is 0 Å². The van der Waals surface area contributed by atoms with Crippen molar-refractivity contribution in [2.75, 3.05) is 6.54 Å². The number of nitrogens with zero attached hydrogens (tertiary/aromatic N) is 5. The molecule has 3 heterocycles. The van der Waals surface area contributed by atoms with E-state index in [2.05, 4.69) is 20.6 Å². The molecule has 0 atom stereocenters.